The highest BCUT2D eigenvalue weighted by atomic mass is 32.2. The van der Waals surface area contributed by atoms with Gasteiger partial charge in [0.15, 0.2) is 11.5 Å². The minimum atomic E-state index is -0.584. The molecule has 0 aliphatic heterocycles. The van der Waals surface area contributed by atoms with E-state index >= 15 is 0 Å². The number of halogens is 1. The molecule has 32 heavy (non-hydrogen) atoms. The number of aromatic nitrogens is 3. The van der Waals surface area contributed by atoms with E-state index < -0.39 is 18.5 Å². The van der Waals surface area contributed by atoms with Crippen LogP contribution in [0.15, 0.2) is 64.8 Å². The number of carbonyl (C=O) groups is 2. The SMILES string of the molecule is NC(=O)c1ccccc1Sc1cnc(N)c(C(=O)NCc2c[nH]c3c(CF)cccc23)n1. The summed E-state index contributed by atoms with van der Waals surface area (Å²) in [7, 11) is 0. The maximum absolute atomic E-state index is 13.2. The zero-order valence-corrected chi connectivity index (χ0v) is 17.6. The van der Waals surface area contributed by atoms with Crippen molar-refractivity contribution >= 4 is 40.3 Å². The van der Waals surface area contributed by atoms with Gasteiger partial charge in [0.1, 0.15) is 11.7 Å². The molecular weight excluding hydrogens is 431 g/mol. The van der Waals surface area contributed by atoms with E-state index in [4.69, 9.17) is 11.5 Å². The molecule has 0 aliphatic carbocycles. The lowest BCUT2D eigenvalue weighted by Gasteiger charge is -2.09. The van der Waals surface area contributed by atoms with Crippen LogP contribution in [0.5, 0.6) is 0 Å². The van der Waals surface area contributed by atoms with Crippen molar-refractivity contribution < 1.29 is 14.0 Å². The Labute approximate surface area is 186 Å². The Morgan fingerprint density at radius 1 is 1.12 bits per heavy atom. The molecule has 0 saturated heterocycles. The molecule has 8 nitrogen and oxygen atoms in total. The number of alkyl halides is 1. The second-order valence-corrected chi connectivity index (χ2v) is 7.94. The Bertz CT molecular complexity index is 1320. The molecular formula is C22H19FN6O2S. The molecule has 10 heteroatoms. The second-order valence-electron chi connectivity index (χ2n) is 6.87. The Morgan fingerprint density at radius 3 is 2.72 bits per heavy atom. The summed E-state index contributed by atoms with van der Waals surface area (Å²) in [4.78, 5) is 36.4. The third-order valence-corrected chi connectivity index (χ3v) is 5.81. The largest absolute Gasteiger partial charge is 0.382 e. The van der Waals surface area contributed by atoms with Crippen LogP contribution in [0.1, 0.15) is 32.0 Å². The highest BCUT2D eigenvalue weighted by Crippen LogP contribution is 2.29. The van der Waals surface area contributed by atoms with E-state index in [0.29, 0.717) is 26.6 Å². The lowest BCUT2D eigenvalue weighted by atomic mass is 10.1. The molecule has 0 fully saturated rings. The number of rotatable bonds is 7. The molecule has 0 bridgehead atoms. The van der Waals surface area contributed by atoms with Crippen molar-refractivity contribution in [3.05, 3.63) is 77.2 Å². The fourth-order valence-corrected chi connectivity index (χ4v) is 4.16. The van der Waals surface area contributed by atoms with Gasteiger partial charge in [-0.2, -0.15) is 0 Å². The van der Waals surface area contributed by atoms with Gasteiger partial charge >= 0.3 is 0 Å². The number of primary amides is 1. The van der Waals surface area contributed by atoms with Gasteiger partial charge in [0.05, 0.1) is 17.3 Å². The van der Waals surface area contributed by atoms with Crippen LogP contribution in [0.2, 0.25) is 0 Å². The molecule has 2 aromatic heterocycles. The lowest BCUT2D eigenvalue weighted by Crippen LogP contribution is -2.25. The van der Waals surface area contributed by atoms with Gasteiger partial charge in [-0.25, -0.2) is 14.4 Å². The quantitative estimate of drug-likeness (QED) is 0.341. The van der Waals surface area contributed by atoms with E-state index in [0.717, 1.165) is 22.7 Å². The van der Waals surface area contributed by atoms with Crippen LogP contribution < -0.4 is 16.8 Å². The van der Waals surface area contributed by atoms with E-state index in [-0.39, 0.29) is 18.1 Å². The fraction of sp³-hybridized carbons (Fsp3) is 0.0909. The van der Waals surface area contributed by atoms with Gasteiger partial charge in [0.25, 0.3) is 5.91 Å². The number of hydrogen-bond donors (Lipinski definition) is 4. The number of nitrogens with zero attached hydrogens (tertiary/aromatic N) is 2. The summed E-state index contributed by atoms with van der Waals surface area (Å²) in [6, 6.07) is 12.1. The first-order chi connectivity index (χ1) is 15.5. The zero-order chi connectivity index (χ0) is 22.7. The molecule has 0 unspecified atom stereocenters. The number of H-pyrrole nitrogens is 1. The standard InChI is InChI=1S/C22H19FN6O2S/c23-8-12-4-3-6-14-13(9-26-18(12)14)10-28-22(31)19-20(24)27-11-17(29-19)32-16-7-2-1-5-15(16)21(25)30/h1-7,9,11,26H,8,10H2,(H2,24,27)(H2,25,30)(H,28,31). The third kappa shape index (κ3) is 4.26. The van der Waals surface area contributed by atoms with Crippen LogP contribution in [-0.4, -0.2) is 26.8 Å². The Balaban J connectivity index is 1.53. The topological polar surface area (TPSA) is 140 Å². The summed E-state index contributed by atoms with van der Waals surface area (Å²) in [6.07, 6.45) is 3.15. The van der Waals surface area contributed by atoms with Crippen LogP contribution in [0, 0.1) is 0 Å². The van der Waals surface area contributed by atoms with Gasteiger partial charge < -0.3 is 21.8 Å². The molecule has 2 heterocycles. The molecule has 2 aromatic carbocycles. The van der Waals surface area contributed by atoms with E-state index in [1.807, 2.05) is 6.07 Å². The molecule has 6 N–H and O–H groups in total. The summed E-state index contributed by atoms with van der Waals surface area (Å²) in [5, 5.41) is 3.99. The van der Waals surface area contributed by atoms with Crippen LogP contribution in [0.3, 0.4) is 0 Å². The minimum Gasteiger partial charge on any atom is -0.382 e. The number of anilines is 1. The van der Waals surface area contributed by atoms with E-state index in [2.05, 4.69) is 20.3 Å². The van der Waals surface area contributed by atoms with E-state index in [9.17, 15) is 14.0 Å². The number of amides is 2. The maximum Gasteiger partial charge on any atom is 0.274 e. The van der Waals surface area contributed by atoms with Gasteiger partial charge in [0.2, 0.25) is 5.91 Å². The number of hydrogen-bond acceptors (Lipinski definition) is 6. The molecule has 0 saturated carbocycles. The molecule has 4 rings (SSSR count). The van der Waals surface area contributed by atoms with Crippen molar-refractivity contribution in [1.29, 1.82) is 0 Å². The van der Waals surface area contributed by atoms with Crippen molar-refractivity contribution in [3.63, 3.8) is 0 Å². The second kappa shape index (κ2) is 9.06. The number of nitrogens with one attached hydrogen (secondary N) is 2. The highest BCUT2D eigenvalue weighted by Gasteiger charge is 2.17. The molecule has 162 valence electrons. The lowest BCUT2D eigenvalue weighted by molar-refractivity contribution is 0.0944. The van der Waals surface area contributed by atoms with Crippen LogP contribution in [0.25, 0.3) is 10.9 Å². The number of para-hydroxylation sites is 1. The highest BCUT2D eigenvalue weighted by molar-refractivity contribution is 7.99. The number of fused-ring (bicyclic) bond motifs is 1. The average molecular weight is 450 g/mol. The Kier molecular flexibility index (Phi) is 6.04. The number of aromatic amines is 1. The number of benzene rings is 2. The van der Waals surface area contributed by atoms with Gasteiger partial charge in [-0.15, -0.1) is 0 Å². The Morgan fingerprint density at radius 2 is 1.94 bits per heavy atom. The van der Waals surface area contributed by atoms with Crippen molar-refractivity contribution in [2.45, 2.75) is 23.1 Å². The van der Waals surface area contributed by atoms with Crippen molar-refractivity contribution in [3.8, 4) is 0 Å². The van der Waals surface area contributed by atoms with Crippen molar-refractivity contribution in [1.82, 2.24) is 20.3 Å². The summed E-state index contributed by atoms with van der Waals surface area (Å²) >= 11 is 1.15. The molecule has 0 spiro atoms. The monoisotopic (exact) mass is 450 g/mol. The smallest absolute Gasteiger partial charge is 0.274 e. The molecule has 0 aliphatic rings. The van der Waals surface area contributed by atoms with Crippen molar-refractivity contribution in [2.24, 2.45) is 5.73 Å². The van der Waals surface area contributed by atoms with Crippen LogP contribution >= 0.6 is 11.8 Å². The van der Waals surface area contributed by atoms with Gasteiger partial charge in [-0.3, -0.25) is 9.59 Å². The zero-order valence-electron chi connectivity index (χ0n) is 16.8. The number of nitrogen functional groups attached to an aromatic ring is 1. The predicted molar refractivity (Wildman–Crippen MR) is 120 cm³/mol. The summed E-state index contributed by atoms with van der Waals surface area (Å²) < 4.78 is 13.2. The molecule has 0 radical (unpaired) electrons. The first kappa shape index (κ1) is 21.3. The summed E-state index contributed by atoms with van der Waals surface area (Å²) in [5.74, 6) is -1.09. The van der Waals surface area contributed by atoms with Crippen LogP contribution in [0.4, 0.5) is 10.2 Å². The van der Waals surface area contributed by atoms with Crippen LogP contribution in [-0.2, 0) is 13.2 Å². The third-order valence-electron chi connectivity index (χ3n) is 4.83. The maximum atomic E-state index is 13.2. The summed E-state index contributed by atoms with van der Waals surface area (Å²) in [6.45, 7) is -0.392. The summed E-state index contributed by atoms with van der Waals surface area (Å²) in [5.41, 5.74) is 13.7. The van der Waals surface area contributed by atoms with E-state index in [1.54, 1.807) is 42.6 Å². The number of nitrogens with two attached hydrogens (primary N) is 2. The van der Waals surface area contributed by atoms with E-state index in [1.165, 1.54) is 6.20 Å². The molecule has 4 aromatic rings. The fourth-order valence-electron chi connectivity index (χ4n) is 3.26. The van der Waals surface area contributed by atoms with Crippen molar-refractivity contribution in [2.75, 3.05) is 5.73 Å². The molecule has 2 amide bonds. The van der Waals surface area contributed by atoms with Gasteiger partial charge in [0, 0.05) is 28.6 Å². The number of carbonyl (C=O) groups excluding carboxylic acids is 2. The van der Waals surface area contributed by atoms with Gasteiger partial charge in [-0.1, -0.05) is 42.1 Å². The first-order valence-electron chi connectivity index (χ1n) is 9.59. The minimum absolute atomic E-state index is 0.0197. The Hall–Kier alpha value is -3.92. The average Bonchev–Trinajstić information content (AvgIpc) is 3.22. The molecule has 0 atom stereocenters. The predicted octanol–water partition coefficient (Wildman–Crippen LogP) is 3.19. The normalized spacial score (nSPS) is 10.9. The first-order valence-corrected chi connectivity index (χ1v) is 10.4. The van der Waals surface area contributed by atoms with Gasteiger partial charge in [-0.05, 0) is 17.7 Å².